The Morgan fingerprint density at radius 1 is 1.14 bits per heavy atom. The minimum absolute atomic E-state index is 0.0382. The van der Waals surface area contributed by atoms with Crippen LogP contribution in [0.25, 0.3) is 0 Å². The van der Waals surface area contributed by atoms with Crippen molar-refractivity contribution in [3.63, 3.8) is 0 Å². The van der Waals surface area contributed by atoms with E-state index in [0.717, 1.165) is 5.57 Å². The molecule has 194 valence electrons. The van der Waals surface area contributed by atoms with Gasteiger partial charge in [-0.3, -0.25) is 19.2 Å². The second-order valence-electron chi connectivity index (χ2n) is 11.7. The van der Waals surface area contributed by atoms with Crippen LogP contribution in [-0.2, 0) is 19.2 Å². The minimum Gasteiger partial charge on any atom is -0.481 e. The molecule has 0 heterocycles. The first-order valence-electron chi connectivity index (χ1n) is 12.5. The van der Waals surface area contributed by atoms with Crippen molar-refractivity contribution in [3.8, 4) is 0 Å². The summed E-state index contributed by atoms with van der Waals surface area (Å²) in [5.74, 6) is -3.99. The number of aliphatic hydroxyl groups is 3. The van der Waals surface area contributed by atoms with Crippen LogP contribution in [0.15, 0.2) is 11.6 Å². The second kappa shape index (κ2) is 8.78. The maximum Gasteiger partial charge on any atom is 0.306 e. The molecule has 9 heteroatoms. The molecule has 4 aliphatic rings. The number of rotatable bonds is 7. The molecule has 4 rings (SSSR count). The van der Waals surface area contributed by atoms with Crippen LogP contribution in [-0.4, -0.2) is 66.8 Å². The summed E-state index contributed by atoms with van der Waals surface area (Å²) in [4.78, 5) is 47.9. The number of carbonyl (C=O) groups excluding carboxylic acids is 2. The van der Waals surface area contributed by atoms with E-state index >= 15 is 0 Å². The van der Waals surface area contributed by atoms with Gasteiger partial charge in [0.25, 0.3) is 0 Å². The number of aliphatic carboxylic acids is 2. The Bertz CT molecular complexity index is 972. The molecule has 0 spiro atoms. The molecular weight excluding hydrogens is 456 g/mol. The fourth-order valence-corrected chi connectivity index (χ4v) is 8.36. The Kier molecular flexibility index (Phi) is 6.52. The maximum absolute atomic E-state index is 13.2. The van der Waals surface area contributed by atoms with Crippen LogP contribution in [0, 0.1) is 34.5 Å². The van der Waals surface area contributed by atoms with E-state index in [4.69, 9.17) is 5.11 Å². The fourth-order valence-electron chi connectivity index (χ4n) is 8.36. The van der Waals surface area contributed by atoms with Gasteiger partial charge in [0.15, 0.2) is 11.6 Å². The lowest BCUT2D eigenvalue weighted by atomic mass is 9.43. The average Bonchev–Trinajstić information content (AvgIpc) is 3.02. The summed E-state index contributed by atoms with van der Waals surface area (Å²) < 4.78 is 0. The van der Waals surface area contributed by atoms with Crippen molar-refractivity contribution in [1.29, 1.82) is 0 Å². The highest BCUT2D eigenvalue weighted by Crippen LogP contribution is 2.69. The van der Waals surface area contributed by atoms with Gasteiger partial charge in [0.1, 0.15) is 11.7 Å². The lowest BCUT2D eigenvalue weighted by Crippen LogP contribution is -2.64. The summed E-state index contributed by atoms with van der Waals surface area (Å²) in [6.45, 7) is 3.80. The Hall–Kier alpha value is -2.10. The summed E-state index contributed by atoms with van der Waals surface area (Å²) in [7, 11) is 0. The van der Waals surface area contributed by atoms with Crippen LogP contribution >= 0.6 is 0 Å². The van der Waals surface area contributed by atoms with Gasteiger partial charge in [0, 0.05) is 18.3 Å². The number of carboxylic acid groups (broad SMARTS) is 2. The molecule has 9 atom stereocenters. The first-order chi connectivity index (χ1) is 16.2. The van der Waals surface area contributed by atoms with E-state index in [2.05, 4.69) is 6.92 Å². The van der Waals surface area contributed by atoms with Crippen LogP contribution < -0.4 is 0 Å². The third-order valence-corrected chi connectivity index (χ3v) is 10.0. The van der Waals surface area contributed by atoms with Crippen molar-refractivity contribution in [2.75, 3.05) is 0 Å². The Morgan fingerprint density at radius 2 is 1.83 bits per heavy atom. The molecule has 0 bridgehead atoms. The highest BCUT2D eigenvalue weighted by molar-refractivity contribution is 5.94. The molecule has 0 aliphatic heterocycles. The van der Waals surface area contributed by atoms with Crippen molar-refractivity contribution in [2.45, 2.75) is 89.4 Å². The number of ketones is 2. The van der Waals surface area contributed by atoms with Crippen molar-refractivity contribution < 1.29 is 44.7 Å². The van der Waals surface area contributed by atoms with Gasteiger partial charge in [-0.15, -0.1) is 0 Å². The molecule has 0 saturated heterocycles. The molecule has 9 nitrogen and oxygen atoms in total. The molecule has 0 aromatic rings. The molecule has 0 aromatic heterocycles. The predicted molar refractivity (Wildman–Crippen MR) is 122 cm³/mol. The number of Topliss-reactive ketones (excluding diaryl/α,β-unsaturated/α-hetero) is 1. The molecule has 2 unspecified atom stereocenters. The van der Waals surface area contributed by atoms with E-state index in [1.165, 1.54) is 0 Å². The monoisotopic (exact) mass is 492 g/mol. The number of fused-ring (bicyclic) bond motifs is 5. The molecule has 0 aromatic carbocycles. The predicted octanol–water partition coefficient (Wildman–Crippen LogP) is 1.72. The van der Waals surface area contributed by atoms with Crippen LogP contribution in [0.1, 0.15) is 71.6 Å². The van der Waals surface area contributed by atoms with E-state index in [1.54, 1.807) is 13.0 Å². The van der Waals surface area contributed by atoms with Crippen LogP contribution in [0.5, 0.6) is 0 Å². The molecule has 4 aliphatic carbocycles. The van der Waals surface area contributed by atoms with Crippen molar-refractivity contribution >= 4 is 23.5 Å². The number of allylic oxidation sites excluding steroid dienone is 1. The zero-order valence-electron chi connectivity index (χ0n) is 20.3. The fraction of sp³-hybridized carbons (Fsp3) is 0.769. The number of aliphatic hydroxyl groups excluding tert-OH is 2. The third-order valence-electron chi connectivity index (χ3n) is 10.0. The lowest BCUT2D eigenvalue weighted by Gasteiger charge is -2.62. The second-order valence-corrected chi connectivity index (χ2v) is 11.7. The Morgan fingerprint density at radius 3 is 2.46 bits per heavy atom. The number of carbonyl (C=O) groups is 4. The van der Waals surface area contributed by atoms with Gasteiger partial charge < -0.3 is 25.5 Å². The lowest BCUT2D eigenvalue weighted by molar-refractivity contribution is -0.193. The zero-order valence-corrected chi connectivity index (χ0v) is 20.3. The molecule has 35 heavy (non-hydrogen) atoms. The van der Waals surface area contributed by atoms with Crippen molar-refractivity contribution in [3.05, 3.63) is 11.6 Å². The van der Waals surface area contributed by atoms with Crippen molar-refractivity contribution in [2.24, 2.45) is 34.5 Å². The normalized spacial score (nSPS) is 43.4. The van der Waals surface area contributed by atoms with Gasteiger partial charge >= 0.3 is 11.9 Å². The first-order valence-corrected chi connectivity index (χ1v) is 12.5. The smallest absolute Gasteiger partial charge is 0.306 e. The number of hydrogen-bond acceptors (Lipinski definition) is 7. The molecular formula is C26H36O9. The summed E-state index contributed by atoms with van der Waals surface area (Å²) in [5.41, 5.74) is -2.58. The van der Waals surface area contributed by atoms with E-state index in [0.29, 0.717) is 32.1 Å². The van der Waals surface area contributed by atoms with E-state index in [9.17, 15) is 39.6 Å². The third kappa shape index (κ3) is 3.96. The molecule has 5 N–H and O–H groups in total. The quantitative estimate of drug-likeness (QED) is 0.355. The minimum atomic E-state index is -1.99. The summed E-state index contributed by atoms with van der Waals surface area (Å²) in [6.07, 6.45) is 0.478. The van der Waals surface area contributed by atoms with Gasteiger partial charge in [0.05, 0.1) is 12.5 Å². The number of hydrogen-bond donors (Lipinski definition) is 5. The summed E-state index contributed by atoms with van der Waals surface area (Å²) in [6, 6.07) is 0. The zero-order chi connectivity index (χ0) is 25.9. The van der Waals surface area contributed by atoms with Crippen molar-refractivity contribution in [1.82, 2.24) is 0 Å². The molecule has 0 radical (unpaired) electrons. The summed E-state index contributed by atoms with van der Waals surface area (Å²) in [5, 5.41) is 51.9. The Balaban J connectivity index is 1.75. The van der Waals surface area contributed by atoms with E-state index in [1.807, 2.05) is 0 Å². The van der Waals surface area contributed by atoms with Gasteiger partial charge in [-0.05, 0) is 73.7 Å². The van der Waals surface area contributed by atoms with Crippen LogP contribution in [0.4, 0.5) is 0 Å². The molecule has 3 saturated carbocycles. The largest absolute Gasteiger partial charge is 0.481 e. The highest BCUT2D eigenvalue weighted by Gasteiger charge is 2.70. The SMILES string of the molecule is C[C@]12CCC(=O)C=C1CC(CCC(=O)O)[C@@H]1[C@@H]2[C@@H](O)C[C@@]2(C)[C@H]1CC[C@]2(O)C(=O)C(O)CC(=O)O. The van der Waals surface area contributed by atoms with Crippen LogP contribution in [0.2, 0.25) is 0 Å². The molecule has 0 amide bonds. The maximum atomic E-state index is 13.2. The van der Waals surface area contributed by atoms with Gasteiger partial charge in [0.2, 0.25) is 0 Å². The van der Waals surface area contributed by atoms with Gasteiger partial charge in [-0.2, -0.15) is 0 Å². The summed E-state index contributed by atoms with van der Waals surface area (Å²) >= 11 is 0. The van der Waals surface area contributed by atoms with E-state index in [-0.39, 0.29) is 48.7 Å². The number of carboxylic acids is 2. The van der Waals surface area contributed by atoms with Gasteiger partial charge in [-0.25, -0.2) is 0 Å². The average molecular weight is 493 g/mol. The topological polar surface area (TPSA) is 169 Å². The van der Waals surface area contributed by atoms with Crippen LogP contribution in [0.3, 0.4) is 0 Å². The standard InChI is InChI=1S/C26H36O9/c1-24-7-5-15(27)10-14(24)9-13(3-4-19(30)31)21-16-6-8-26(35,23(34)17(28)11-20(32)33)25(16,2)12-18(29)22(21)24/h10,13,16-18,21-22,28-29,35H,3-9,11-12H2,1-2H3,(H,30,31)(H,32,33)/t13?,16-,17?,18-,21-,22-,24-,25-,26-/m0/s1. The highest BCUT2D eigenvalue weighted by atomic mass is 16.4. The first kappa shape index (κ1) is 26.0. The van der Waals surface area contributed by atoms with E-state index < -0.39 is 52.8 Å². The van der Waals surface area contributed by atoms with Gasteiger partial charge in [-0.1, -0.05) is 19.4 Å². The Labute approximate surface area is 204 Å². The molecule has 3 fully saturated rings.